The molecule has 4 heteroatoms. The Bertz CT molecular complexity index is 333. The summed E-state index contributed by atoms with van der Waals surface area (Å²) >= 11 is 0. The molecule has 1 rings (SSSR count). The number of amidine groups is 1. The van der Waals surface area contributed by atoms with E-state index in [1.807, 2.05) is 31.2 Å². The van der Waals surface area contributed by atoms with Crippen molar-refractivity contribution >= 4 is 5.84 Å². The zero-order valence-electron chi connectivity index (χ0n) is 9.77. The van der Waals surface area contributed by atoms with Crippen LogP contribution in [0, 0.1) is 6.92 Å². The lowest BCUT2D eigenvalue weighted by Gasteiger charge is -2.02. The molecule has 16 heavy (non-hydrogen) atoms. The van der Waals surface area contributed by atoms with Crippen LogP contribution in [0.25, 0.3) is 0 Å². The van der Waals surface area contributed by atoms with Crippen molar-refractivity contribution in [2.75, 3.05) is 13.7 Å². The third-order valence-electron chi connectivity index (χ3n) is 2.10. The number of rotatable bonds is 6. The molecule has 4 nitrogen and oxygen atoms in total. The van der Waals surface area contributed by atoms with Gasteiger partial charge in [0, 0.05) is 13.5 Å². The topological polar surface area (TPSA) is 56.8 Å². The molecule has 0 heterocycles. The van der Waals surface area contributed by atoms with E-state index in [1.54, 1.807) is 7.11 Å². The first-order valence-corrected chi connectivity index (χ1v) is 5.21. The Morgan fingerprint density at radius 1 is 1.31 bits per heavy atom. The summed E-state index contributed by atoms with van der Waals surface area (Å²) < 4.78 is 4.87. The van der Waals surface area contributed by atoms with Crippen LogP contribution < -0.4 is 5.73 Å². The maximum absolute atomic E-state index is 5.59. The van der Waals surface area contributed by atoms with Gasteiger partial charge in [-0.05, 0) is 12.5 Å². The summed E-state index contributed by atoms with van der Waals surface area (Å²) in [6.45, 7) is 3.04. The summed E-state index contributed by atoms with van der Waals surface area (Å²) in [6.07, 6.45) is 0.588. The first kappa shape index (κ1) is 12.5. The highest BCUT2D eigenvalue weighted by atomic mass is 16.6. The molecule has 0 aliphatic carbocycles. The molecule has 88 valence electrons. The number of hydrogen-bond acceptors (Lipinski definition) is 3. The third-order valence-corrected chi connectivity index (χ3v) is 2.10. The van der Waals surface area contributed by atoms with Gasteiger partial charge in [-0.2, -0.15) is 0 Å². The van der Waals surface area contributed by atoms with Crippen molar-refractivity contribution in [2.24, 2.45) is 10.9 Å². The predicted octanol–water partition coefficient (Wildman–Crippen LogP) is 1.82. The average Bonchev–Trinajstić information content (AvgIpc) is 2.29. The van der Waals surface area contributed by atoms with Crippen LogP contribution in [0.3, 0.4) is 0 Å². The van der Waals surface area contributed by atoms with Crippen LogP contribution in [0.15, 0.2) is 29.4 Å². The standard InChI is InChI=1S/C12H18N2O2/c1-10-3-5-11(6-4-10)9-16-14-12(13)7-8-15-2/h3-6H,7-9H2,1-2H3,(H2,13,14). The zero-order chi connectivity index (χ0) is 11.8. The van der Waals surface area contributed by atoms with Gasteiger partial charge in [0.05, 0.1) is 6.61 Å². The van der Waals surface area contributed by atoms with E-state index < -0.39 is 0 Å². The molecule has 0 bridgehead atoms. The Labute approximate surface area is 96.0 Å². The fourth-order valence-corrected chi connectivity index (χ4v) is 1.13. The van der Waals surface area contributed by atoms with E-state index in [1.165, 1.54) is 5.56 Å². The van der Waals surface area contributed by atoms with Gasteiger partial charge in [-0.1, -0.05) is 35.0 Å². The van der Waals surface area contributed by atoms with E-state index in [2.05, 4.69) is 5.16 Å². The van der Waals surface area contributed by atoms with E-state index in [0.29, 0.717) is 25.5 Å². The monoisotopic (exact) mass is 222 g/mol. The lowest BCUT2D eigenvalue weighted by Crippen LogP contribution is -2.14. The van der Waals surface area contributed by atoms with Crippen molar-refractivity contribution in [3.63, 3.8) is 0 Å². The Morgan fingerprint density at radius 2 is 2.00 bits per heavy atom. The van der Waals surface area contributed by atoms with Gasteiger partial charge in [-0.25, -0.2) is 0 Å². The quantitative estimate of drug-likeness (QED) is 0.454. The summed E-state index contributed by atoms with van der Waals surface area (Å²) in [5.74, 6) is 0.453. The molecule has 1 aromatic carbocycles. The minimum atomic E-state index is 0.438. The van der Waals surface area contributed by atoms with Gasteiger partial charge in [-0.15, -0.1) is 0 Å². The van der Waals surface area contributed by atoms with Crippen molar-refractivity contribution < 1.29 is 9.57 Å². The molecule has 0 radical (unpaired) electrons. The number of oxime groups is 1. The summed E-state index contributed by atoms with van der Waals surface area (Å²) in [7, 11) is 1.63. The SMILES string of the molecule is COCC/C(N)=N/OCc1ccc(C)cc1. The van der Waals surface area contributed by atoms with E-state index in [4.69, 9.17) is 15.3 Å². The van der Waals surface area contributed by atoms with E-state index in [0.717, 1.165) is 5.56 Å². The second-order valence-corrected chi connectivity index (χ2v) is 3.58. The first-order chi connectivity index (χ1) is 7.72. The molecule has 0 saturated heterocycles. The van der Waals surface area contributed by atoms with Gasteiger partial charge in [0.25, 0.3) is 0 Å². The number of methoxy groups -OCH3 is 1. The lowest BCUT2D eigenvalue weighted by molar-refractivity contribution is 0.128. The number of ether oxygens (including phenoxy) is 1. The van der Waals surface area contributed by atoms with Crippen molar-refractivity contribution in [1.82, 2.24) is 0 Å². The van der Waals surface area contributed by atoms with E-state index in [9.17, 15) is 0 Å². The van der Waals surface area contributed by atoms with Crippen molar-refractivity contribution in [3.8, 4) is 0 Å². The summed E-state index contributed by atoms with van der Waals surface area (Å²) in [5, 5.41) is 3.79. The first-order valence-electron chi connectivity index (χ1n) is 5.21. The Kier molecular flexibility index (Phi) is 5.36. The minimum Gasteiger partial charge on any atom is -0.390 e. The molecule has 0 amide bonds. The van der Waals surface area contributed by atoms with Crippen molar-refractivity contribution in [2.45, 2.75) is 20.0 Å². The maximum atomic E-state index is 5.59. The van der Waals surface area contributed by atoms with E-state index >= 15 is 0 Å². The fraction of sp³-hybridized carbons (Fsp3) is 0.417. The molecular weight excluding hydrogens is 204 g/mol. The number of hydrogen-bond donors (Lipinski definition) is 1. The van der Waals surface area contributed by atoms with Crippen LogP contribution in [0.5, 0.6) is 0 Å². The van der Waals surface area contributed by atoms with Gasteiger partial charge < -0.3 is 15.3 Å². The lowest BCUT2D eigenvalue weighted by atomic mass is 10.2. The average molecular weight is 222 g/mol. The summed E-state index contributed by atoms with van der Waals surface area (Å²) in [6, 6.07) is 8.10. The van der Waals surface area contributed by atoms with Gasteiger partial charge in [0.2, 0.25) is 0 Å². The molecule has 2 N–H and O–H groups in total. The van der Waals surface area contributed by atoms with Crippen LogP contribution in [0.2, 0.25) is 0 Å². The normalized spacial score (nSPS) is 11.5. The molecule has 1 aromatic rings. The highest BCUT2D eigenvalue weighted by Gasteiger charge is 1.94. The zero-order valence-corrected chi connectivity index (χ0v) is 9.77. The molecule has 0 unspecified atom stereocenters. The number of benzene rings is 1. The summed E-state index contributed by atoms with van der Waals surface area (Å²) in [5.41, 5.74) is 7.90. The number of nitrogens with zero attached hydrogens (tertiary/aromatic N) is 1. The smallest absolute Gasteiger partial charge is 0.142 e. The highest BCUT2D eigenvalue weighted by molar-refractivity contribution is 5.79. The minimum absolute atomic E-state index is 0.438. The van der Waals surface area contributed by atoms with Gasteiger partial charge in [-0.3, -0.25) is 0 Å². The molecule has 0 aromatic heterocycles. The molecule has 0 spiro atoms. The largest absolute Gasteiger partial charge is 0.390 e. The predicted molar refractivity (Wildman–Crippen MR) is 64.1 cm³/mol. The molecule has 0 saturated carbocycles. The molecule has 0 atom stereocenters. The second kappa shape index (κ2) is 6.85. The highest BCUT2D eigenvalue weighted by Crippen LogP contribution is 2.04. The van der Waals surface area contributed by atoms with Crippen LogP contribution in [0.1, 0.15) is 17.5 Å². The van der Waals surface area contributed by atoms with Gasteiger partial charge in [0.1, 0.15) is 12.4 Å². The molecular formula is C12H18N2O2. The molecule has 0 aliphatic rings. The number of nitrogens with two attached hydrogens (primary N) is 1. The maximum Gasteiger partial charge on any atom is 0.142 e. The fourth-order valence-electron chi connectivity index (χ4n) is 1.13. The number of aryl methyl sites for hydroxylation is 1. The third kappa shape index (κ3) is 4.79. The Balaban J connectivity index is 2.31. The van der Waals surface area contributed by atoms with Gasteiger partial charge >= 0.3 is 0 Å². The van der Waals surface area contributed by atoms with Crippen LogP contribution >= 0.6 is 0 Å². The Morgan fingerprint density at radius 3 is 2.62 bits per heavy atom. The van der Waals surface area contributed by atoms with Crippen LogP contribution in [-0.4, -0.2) is 19.6 Å². The van der Waals surface area contributed by atoms with Crippen LogP contribution in [-0.2, 0) is 16.2 Å². The van der Waals surface area contributed by atoms with Crippen molar-refractivity contribution in [1.29, 1.82) is 0 Å². The van der Waals surface area contributed by atoms with Crippen LogP contribution in [0.4, 0.5) is 0 Å². The van der Waals surface area contributed by atoms with E-state index in [-0.39, 0.29) is 0 Å². The van der Waals surface area contributed by atoms with Gasteiger partial charge in [0.15, 0.2) is 0 Å². The molecule has 0 aliphatic heterocycles. The molecule has 0 fully saturated rings. The van der Waals surface area contributed by atoms with Crippen molar-refractivity contribution in [3.05, 3.63) is 35.4 Å². The summed E-state index contributed by atoms with van der Waals surface area (Å²) in [4.78, 5) is 5.13. The Hall–Kier alpha value is -1.55. The second-order valence-electron chi connectivity index (χ2n) is 3.58.